The fraction of sp³-hybridized carbons (Fsp3) is 0.667. The number of amides is 2. The van der Waals surface area contributed by atoms with Crippen LogP contribution in [0.25, 0.3) is 0 Å². The smallest absolute Gasteiger partial charge is 0.317 e. The normalized spacial score (nSPS) is 23.1. The highest BCUT2D eigenvalue weighted by Gasteiger charge is 2.34. The van der Waals surface area contributed by atoms with Gasteiger partial charge in [-0.25, -0.2) is 4.79 Å². The fourth-order valence-corrected chi connectivity index (χ4v) is 4.27. The maximum atomic E-state index is 12.5. The number of rotatable bonds is 4. The van der Waals surface area contributed by atoms with Gasteiger partial charge in [0.05, 0.1) is 13.1 Å². The number of benzene rings is 1. The van der Waals surface area contributed by atoms with Crippen molar-refractivity contribution in [3.8, 4) is 5.75 Å². The van der Waals surface area contributed by atoms with Crippen molar-refractivity contribution in [1.29, 1.82) is 0 Å². The Morgan fingerprint density at radius 2 is 1.81 bits per heavy atom. The van der Waals surface area contributed by atoms with E-state index in [9.17, 15) is 4.79 Å². The van der Waals surface area contributed by atoms with Gasteiger partial charge in [-0.3, -0.25) is 0 Å². The van der Waals surface area contributed by atoms with Gasteiger partial charge in [-0.2, -0.15) is 0 Å². The predicted molar refractivity (Wildman–Crippen MR) is 104 cm³/mol. The minimum atomic E-state index is 0.0594. The predicted octanol–water partition coefficient (Wildman–Crippen LogP) is 2.41. The molecule has 3 aliphatic rings. The van der Waals surface area contributed by atoms with E-state index in [0.717, 1.165) is 63.3 Å². The number of urea groups is 1. The van der Waals surface area contributed by atoms with Gasteiger partial charge >= 0.3 is 6.03 Å². The lowest BCUT2D eigenvalue weighted by atomic mass is 10.00. The summed E-state index contributed by atoms with van der Waals surface area (Å²) in [4.78, 5) is 16.9. The highest BCUT2D eigenvalue weighted by atomic mass is 16.5. The molecule has 0 bridgehead atoms. The molecule has 3 aliphatic heterocycles. The van der Waals surface area contributed by atoms with Gasteiger partial charge in [0.15, 0.2) is 0 Å². The second-order valence-electron chi connectivity index (χ2n) is 8.01. The molecule has 0 radical (unpaired) electrons. The van der Waals surface area contributed by atoms with Crippen molar-refractivity contribution in [3.05, 3.63) is 29.8 Å². The summed E-state index contributed by atoms with van der Waals surface area (Å²) in [6.07, 6.45) is 4.48. The first-order valence-electron chi connectivity index (χ1n) is 10.3. The molecule has 148 valence electrons. The first-order chi connectivity index (χ1) is 13.2. The van der Waals surface area contributed by atoms with Crippen molar-refractivity contribution in [2.45, 2.75) is 50.8 Å². The third kappa shape index (κ3) is 4.55. The number of hydrogen-bond donors (Lipinski definition) is 1. The molecule has 0 atom stereocenters. The highest BCUT2D eigenvalue weighted by molar-refractivity contribution is 5.75. The third-order valence-electron chi connectivity index (χ3n) is 6.09. The maximum absolute atomic E-state index is 12.5. The number of para-hydroxylation sites is 1. The highest BCUT2D eigenvalue weighted by Crippen LogP contribution is 2.23. The first kappa shape index (κ1) is 18.6. The van der Waals surface area contributed by atoms with Crippen LogP contribution >= 0.6 is 0 Å². The van der Waals surface area contributed by atoms with E-state index in [1.807, 2.05) is 36.1 Å². The van der Waals surface area contributed by atoms with E-state index >= 15 is 0 Å². The monoisotopic (exact) mass is 373 g/mol. The molecule has 0 spiro atoms. The molecule has 6 heteroatoms. The molecule has 4 rings (SSSR count). The fourth-order valence-electron chi connectivity index (χ4n) is 4.27. The molecule has 0 aliphatic carbocycles. The molecule has 3 fully saturated rings. The number of piperidine rings is 1. The van der Waals surface area contributed by atoms with Crippen molar-refractivity contribution in [1.82, 2.24) is 15.1 Å². The van der Waals surface area contributed by atoms with Crippen molar-refractivity contribution in [3.63, 3.8) is 0 Å². The largest absolute Gasteiger partial charge is 0.486 e. The molecule has 1 N–H and O–H groups in total. The summed E-state index contributed by atoms with van der Waals surface area (Å²) in [5.74, 6) is 0.919. The van der Waals surface area contributed by atoms with Gasteiger partial charge in [0.25, 0.3) is 0 Å². The third-order valence-corrected chi connectivity index (χ3v) is 6.09. The van der Waals surface area contributed by atoms with E-state index in [2.05, 4.69) is 10.2 Å². The lowest BCUT2D eigenvalue weighted by molar-refractivity contribution is 0.0220. The summed E-state index contributed by atoms with van der Waals surface area (Å²) < 4.78 is 11.5. The number of aryl methyl sites for hydroxylation is 1. The minimum absolute atomic E-state index is 0.0594. The molecule has 1 aromatic carbocycles. The first-order valence-corrected chi connectivity index (χ1v) is 10.3. The summed E-state index contributed by atoms with van der Waals surface area (Å²) in [6, 6.07) is 9.06. The van der Waals surface area contributed by atoms with Gasteiger partial charge in [-0.05, 0) is 44.2 Å². The van der Waals surface area contributed by atoms with E-state index in [-0.39, 0.29) is 12.1 Å². The van der Waals surface area contributed by atoms with Gasteiger partial charge in [0.2, 0.25) is 0 Å². The number of nitrogens with zero attached hydrogens (tertiary/aromatic N) is 2. The van der Waals surface area contributed by atoms with Crippen LogP contribution in [0, 0.1) is 6.92 Å². The van der Waals surface area contributed by atoms with Crippen LogP contribution in [0.2, 0.25) is 0 Å². The van der Waals surface area contributed by atoms with Crippen LogP contribution in [0.3, 0.4) is 0 Å². The summed E-state index contributed by atoms with van der Waals surface area (Å²) in [5.41, 5.74) is 1.14. The van der Waals surface area contributed by atoms with Crippen LogP contribution in [0.4, 0.5) is 4.79 Å². The van der Waals surface area contributed by atoms with Crippen molar-refractivity contribution in [2.75, 3.05) is 39.4 Å². The van der Waals surface area contributed by atoms with Crippen LogP contribution in [-0.4, -0.2) is 73.4 Å². The Bertz CT molecular complexity index is 633. The Kier molecular flexibility index (Phi) is 5.83. The zero-order chi connectivity index (χ0) is 18.6. The van der Waals surface area contributed by atoms with E-state index in [0.29, 0.717) is 25.2 Å². The SMILES string of the molecule is Cc1ccccc1OC1CN(C(=O)NC2CCN(C3CCOCC3)CC2)C1. The van der Waals surface area contributed by atoms with Crippen LogP contribution in [0.5, 0.6) is 5.75 Å². The molecule has 3 heterocycles. The number of carbonyl (C=O) groups excluding carboxylic acids is 1. The number of hydrogen-bond acceptors (Lipinski definition) is 4. The molecule has 2 amide bonds. The summed E-state index contributed by atoms with van der Waals surface area (Å²) >= 11 is 0. The quantitative estimate of drug-likeness (QED) is 0.881. The summed E-state index contributed by atoms with van der Waals surface area (Å²) in [6.45, 7) is 7.32. The standard InChI is InChI=1S/C21H31N3O3/c1-16-4-2-3-5-20(16)27-19-14-24(15-19)21(25)22-17-6-10-23(11-7-17)18-8-12-26-13-9-18/h2-5,17-19H,6-15H2,1H3,(H,22,25). The van der Waals surface area contributed by atoms with Gasteiger partial charge in [0.1, 0.15) is 11.9 Å². The molecule has 0 aromatic heterocycles. The summed E-state index contributed by atoms with van der Waals surface area (Å²) in [5, 5.41) is 3.22. The molecule has 27 heavy (non-hydrogen) atoms. The second-order valence-corrected chi connectivity index (χ2v) is 8.01. The minimum Gasteiger partial charge on any atom is -0.486 e. The van der Waals surface area contributed by atoms with Gasteiger partial charge in [-0.15, -0.1) is 0 Å². The Labute approximate surface area is 161 Å². The van der Waals surface area contributed by atoms with Gasteiger partial charge in [0, 0.05) is 38.4 Å². The van der Waals surface area contributed by atoms with Crippen molar-refractivity contribution >= 4 is 6.03 Å². The lowest BCUT2D eigenvalue weighted by Crippen LogP contribution is -2.61. The van der Waals surface area contributed by atoms with Gasteiger partial charge in [-0.1, -0.05) is 18.2 Å². The van der Waals surface area contributed by atoms with Gasteiger partial charge < -0.3 is 24.6 Å². The topological polar surface area (TPSA) is 54.0 Å². The number of nitrogens with one attached hydrogen (secondary N) is 1. The van der Waals surface area contributed by atoms with Crippen LogP contribution in [0.1, 0.15) is 31.2 Å². The van der Waals surface area contributed by atoms with Crippen molar-refractivity contribution < 1.29 is 14.3 Å². The molecule has 0 saturated carbocycles. The van der Waals surface area contributed by atoms with E-state index in [1.165, 1.54) is 0 Å². The number of likely N-dealkylation sites (tertiary alicyclic amines) is 2. The lowest BCUT2D eigenvalue weighted by Gasteiger charge is -2.42. The Morgan fingerprint density at radius 3 is 2.52 bits per heavy atom. The molecule has 3 saturated heterocycles. The number of ether oxygens (including phenoxy) is 2. The van der Waals surface area contributed by atoms with Crippen molar-refractivity contribution in [2.24, 2.45) is 0 Å². The second kappa shape index (κ2) is 8.48. The average Bonchev–Trinajstić information content (AvgIpc) is 2.67. The Balaban J connectivity index is 1.16. The van der Waals surface area contributed by atoms with Crippen LogP contribution in [0.15, 0.2) is 24.3 Å². The maximum Gasteiger partial charge on any atom is 0.317 e. The molecule has 6 nitrogen and oxygen atoms in total. The zero-order valence-electron chi connectivity index (χ0n) is 16.2. The van der Waals surface area contributed by atoms with E-state index in [1.54, 1.807) is 0 Å². The van der Waals surface area contributed by atoms with E-state index < -0.39 is 0 Å². The molecule has 0 unspecified atom stereocenters. The van der Waals surface area contributed by atoms with E-state index in [4.69, 9.17) is 9.47 Å². The Morgan fingerprint density at radius 1 is 1.11 bits per heavy atom. The molecular weight excluding hydrogens is 342 g/mol. The number of carbonyl (C=O) groups is 1. The molecule has 1 aromatic rings. The average molecular weight is 373 g/mol. The van der Waals surface area contributed by atoms with Crippen LogP contribution < -0.4 is 10.1 Å². The summed E-state index contributed by atoms with van der Waals surface area (Å²) in [7, 11) is 0. The van der Waals surface area contributed by atoms with Crippen LogP contribution in [-0.2, 0) is 4.74 Å². The Hall–Kier alpha value is -1.79. The zero-order valence-corrected chi connectivity index (χ0v) is 16.2. The molecular formula is C21H31N3O3.